The largest absolute Gasteiger partial charge is 0.433 e. The van der Waals surface area contributed by atoms with E-state index in [2.05, 4.69) is 31.1 Å². The van der Waals surface area contributed by atoms with Crippen LogP contribution >= 0.6 is 0 Å². The summed E-state index contributed by atoms with van der Waals surface area (Å²) in [5.74, 6) is -0.514. The lowest BCUT2D eigenvalue weighted by atomic mass is 10.0. The SMILES string of the molecule is N=C(/C(=C\Nc1ccc(C(F)(F)F)nc1)c1nnc(N[C@H]2N=C(c3ccccc3)c3ccccc3NC2=O)o1)N1CCOCC1. The van der Waals surface area contributed by atoms with E-state index >= 15 is 0 Å². The van der Waals surface area contributed by atoms with Gasteiger partial charge in [-0.2, -0.15) is 13.2 Å². The van der Waals surface area contributed by atoms with Crippen molar-refractivity contribution in [2.45, 2.75) is 12.3 Å². The van der Waals surface area contributed by atoms with Gasteiger partial charge in [-0.25, -0.2) is 9.98 Å². The summed E-state index contributed by atoms with van der Waals surface area (Å²) in [6.07, 6.45) is -3.32. The van der Waals surface area contributed by atoms with Crippen LogP contribution in [0.15, 0.2) is 88.5 Å². The Hall–Kier alpha value is -5.57. The van der Waals surface area contributed by atoms with Gasteiger partial charge in [0.15, 0.2) is 0 Å². The zero-order valence-corrected chi connectivity index (χ0v) is 23.5. The molecule has 45 heavy (non-hydrogen) atoms. The number of amidine groups is 1. The molecule has 1 saturated heterocycles. The molecular weight excluding hydrogens is 591 g/mol. The van der Waals surface area contributed by atoms with Crippen molar-refractivity contribution in [3.05, 3.63) is 102 Å². The number of carbonyl (C=O) groups excluding carboxylic acids is 1. The normalized spacial score (nSPS) is 17.1. The zero-order chi connectivity index (χ0) is 31.4. The molecule has 1 atom stereocenters. The molecule has 0 bridgehead atoms. The molecule has 230 valence electrons. The number of morpholine rings is 1. The minimum Gasteiger partial charge on any atom is -0.403 e. The molecule has 12 nitrogen and oxygen atoms in total. The summed E-state index contributed by atoms with van der Waals surface area (Å²) in [6, 6.07) is 18.7. The van der Waals surface area contributed by atoms with Crippen molar-refractivity contribution in [1.82, 2.24) is 20.1 Å². The number of hydrogen-bond acceptors (Lipinski definition) is 10. The van der Waals surface area contributed by atoms with Crippen molar-refractivity contribution in [3.63, 3.8) is 0 Å². The molecular formula is C30H26F3N9O3. The number of rotatable bonds is 7. The van der Waals surface area contributed by atoms with E-state index < -0.39 is 23.9 Å². The third-order valence-electron chi connectivity index (χ3n) is 6.93. The molecule has 2 aromatic carbocycles. The molecule has 2 aliphatic heterocycles. The van der Waals surface area contributed by atoms with Crippen LogP contribution in [-0.4, -0.2) is 70.0 Å². The van der Waals surface area contributed by atoms with E-state index in [1.807, 2.05) is 48.5 Å². The Morgan fingerprint density at radius 1 is 1.02 bits per heavy atom. The average Bonchev–Trinajstić information content (AvgIpc) is 3.46. The topological polar surface area (TPSA) is 154 Å². The number of hydrogen-bond donors (Lipinski definition) is 4. The van der Waals surface area contributed by atoms with Gasteiger partial charge in [-0.3, -0.25) is 10.2 Å². The van der Waals surface area contributed by atoms with Crippen LogP contribution in [0.5, 0.6) is 0 Å². The van der Waals surface area contributed by atoms with Gasteiger partial charge >= 0.3 is 12.2 Å². The number of nitrogens with zero attached hydrogens (tertiary/aromatic N) is 5. The van der Waals surface area contributed by atoms with Gasteiger partial charge in [0.25, 0.3) is 11.8 Å². The molecule has 1 amide bonds. The first-order chi connectivity index (χ1) is 21.8. The fraction of sp³-hybridized carbons (Fsp3) is 0.200. The van der Waals surface area contributed by atoms with E-state index in [9.17, 15) is 18.0 Å². The standard InChI is InChI=1S/C30H26F3N9O3/c31-30(32,33)23-11-10-19(16-36-23)35-17-21(25(34)42-12-14-44-15-13-42)28-40-41-29(45-28)39-26-27(43)37-22-9-5-4-8-20(22)24(38-26)18-6-2-1-3-7-18/h1-11,16-17,26,34-35H,12-15H2,(H,37,43)(H,39,41)/b21-17+,34-25?/t26-/m1/s1. The van der Waals surface area contributed by atoms with Crippen molar-refractivity contribution in [1.29, 1.82) is 5.41 Å². The van der Waals surface area contributed by atoms with Crippen LogP contribution < -0.4 is 16.0 Å². The second kappa shape index (κ2) is 12.6. The molecule has 2 aromatic heterocycles. The number of nitrogens with one attached hydrogen (secondary N) is 4. The van der Waals surface area contributed by atoms with Crippen molar-refractivity contribution < 1.29 is 27.1 Å². The fourth-order valence-corrected chi connectivity index (χ4v) is 4.68. The predicted octanol–water partition coefficient (Wildman–Crippen LogP) is 4.47. The number of pyridine rings is 1. The quantitative estimate of drug-likeness (QED) is 0.174. The predicted molar refractivity (Wildman–Crippen MR) is 160 cm³/mol. The number of carbonyl (C=O) groups is 1. The lowest BCUT2D eigenvalue weighted by molar-refractivity contribution is -0.141. The smallest absolute Gasteiger partial charge is 0.403 e. The summed E-state index contributed by atoms with van der Waals surface area (Å²) >= 11 is 0. The lowest BCUT2D eigenvalue weighted by Gasteiger charge is -2.29. The first-order valence-corrected chi connectivity index (χ1v) is 13.8. The Labute approximate surface area is 254 Å². The van der Waals surface area contributed by atoms with E-state index in [1.165, 1.54) is 12.3 Å². The van der Waals surface area contributed by atoms with E-state index in [0.29, 0.717) is 37.7 Å². The number of amides is 1. The van der Waals surface area contributed by atoms with Crippen molar-refractivity contribution in [3.8, 4) is 0 Å². The molecule has 0 unspecified atom stereocenters. The summed E-state index contributed by atoms with van der Waals surface area (Å²) in [5.41, 5.74) is 2.07. The Bertz CT molecular complexity index is 1750. The highest BCUT2D eigenvalue weighted by Gasteiger charge is 2.32. The van der Waals surface area contributed by atoms with Crippen molar-refractivity contribution >= 4 is 40.4 Å². The molecule has 0 spiro atoms. The number of anilines is 3. The number of aliphatic imine (C=N–C) groups is 1. The second-order valence-corrected chi connectivity index (χ2v) is 9.92. The molecule has 4 N–H and O–H groups in total. The molecule has 0 radical (unpaired) electrons. The molecule has 0 saturated carbocycles. The number of para-hydroxylation sites is 1. The van der Waals surface area contributed by atoms with E-state index in [0.717, 1.165) is 23.4 Å². The maximum Gasteiger partial charge on any atom is 0.433 e. The monoisotopic (exact) mass is 617 g/mol. The highest BCUT2D eigenvalue weighted by Crippen LogP contribution is 2.29. The van der Waals surface area contributed by atoms with E-state index in [-0.39, 0.29) is 29.0 Å². The maximum absolute atomic E-state index is 13.2. The Morgan fingerprint density at radius 2 is 1.78 bits per heavy atom. The molecule has 4 heterocycles. The van der Waals surface area contributed by atoms with Gasteiger partial charge < -0.3 is 30.0 Å². The lowest BCUT2D eigenvalue weighted by Crippen LogP contribution is -2.40. The minimum absolute atomic E-state index is 0.0212. The highest BCUT2D eigenvalue weighted by atomic mass is 19.4. The third-order valence-corrected chi connectivity index (χ3v) is 6.93. The van der Waals surface area contributed by atoms with E-state index in [1.54, 1.807) is 11.0 Å². The van der Waals surface area contributed by atoms with Crippen LogP contribution in [-0.2, 0) is 15.7 Å². The first kappa shape index (κ1) is 29.5. The number of benzodiazepines with no additional fused rings is 1. The van der Waals surface area contributed by atoms with Crippen molar-refractivity contribution in [2.24, 2.45) is 4.99 Å². The zero-order valence-electron chi connectivity index (χ0n) is 23.5. The maximum atomic E-state index is 13.2. The third kappa shape index (κ3) is 6.67. The van der Waals surface area contributed by atoms with Crippen LogP contribution in [0.1, 0.15) is 22.7 Å². The molecule has 1 fully saturated rings. The van der Waals surface area contributed by atoms with Crippen LogP contribution in [0.25, 0.3) is 5.57 Å². The summed E-state index contributed by atoms with van der Waals surface area (Å²) in [5, 5.41) is 25.6. The molecule has 6 rings (SSSR count). The first-order valence-electron chi connectivity index (χ1n) is 13.8. The second-order valence-electron chi connectivity index (χ2n) is 9.92. The number of alkyl halides is 3. The number of benzene rings is 2. The fourth-order valence-electron chi connectivity index (χ4n) is 4.68. The average molecular weight is 618 g/mol. The Morgan fingerprint density at radius 3 is 2.51 bits per heavy atom. The van der Waals surface area contributed by atoms with E-state index in [4.69, 9.17) is 19.6 Å². The highest BCUT2D eigenvalue weighted by molar-refractivity contribution is 6.20. The Balaban J connectivity index is 1.29. The number of halogens is 3. The summed E-state index contributed by atoms with van der Waals surface area (Å²) in [4.78, 5) is 23.1. The van der Waals surface area contributed by atoms with Crippen LogP contribution in [0, 0.1) is 5.41 Å². The molecule has 2 aliphatic rings. The van der Waals surface area contributed by atoms with Gasteiger partial charge in [-0.1, -0.05) is 53.6 Å². The molecule has 0 aliphatic carbocycles. The van der Waals surface area contributed by atoms with Gasteiger partial charge in [-0.15, -0.1) is 5.10 Å². The van der Waals surface area contributed by atoms with Gasteiger partial charge in [-0.05, 0) is 18.2 Å². The summed E-state index contributed by atoms with van der Waals surface area (Å²) < 4.78 is 50.1. The molecule has 4 aromatic rings. The minimum atomic E-state index is -4.58. The van der Waals surface area contributed by atoms with Gasteiger partial charge in [0.05, 0.1) is 42.1 Å². The number of fused-ring (bicyclic) bond motifs is 1. The van der Waals surface area contributed by atoms with Gasteiger partial charge in [0, 0.05) is 30.4 Å². The van der Waals surface area contributed by atoms with Crippen LogP contribution in [0.4, 0.5) is 30.6 Å². The van der Waals surface area contributed by atoms with Crippen LogP contribution in [0.2, 0.25) is 0 Å². The van der Waals surface area contributed by atoms with Crippen LogP contribution in [0.3, 0.4) is 0 Å². The number of aromatic nitrogens is 3. The summed E-state index contributed by atoms with van der Waals surface area (Å²) in [6.45, 7) is 1.67. The summed E-state index contributed by atoms with van der Waals surface area (Å²) in [7, 11) is 0. The van der Waals surface area contributed by atoms with Gasteiger partial charge in [0.2, 0.25) is 6.17 Å². The molecule has 15 heteroatoms. The van der Waals surface area contributed by atoms with Crippen molar-refractivity contribution in [2.75, 3.05) is 42.3 Å². The Kier molecular flexibility index (Phi) is 8.24. The number of ether oxygens (including phenoxy) is 1. The van der Waals surface area contributed by atoms with Gasteiger partial charge in [0.1, 0.15) is 11.5 Å².